The average molecular weight is 660 g/mol. The number of rotatable bonds is 3. The third-order valence-corrected chi connectivity index (χ3v) is 15.6. The molecule has 0 aliphatic carbocycles. The Morgan fingerprint density at radius 2 is 1.05 bits per heavy atom. The first kappa shape index (κ1) is 28.6. The van der Waals surface area contributed by atoms with Gasteiger partial charge in [-0.15, -0.1) is 0 Å². The van der Waals surface area contributed by atoms with Gasteiger partial charge < -0.3 is 0 Å². The van der Waals surface area contributed by atoms with Gasteiger partial charge in [-0.05, 0) is 0 Å². The average Bonchev–Trinajstić information content (AvgIpc) is 3.27. The monoisotopic (exact) mass is 661 g/mol. The zero-order chi connectivity index (χ0) is 30.2. The fourth-order valence-corrected chi connectivity index (χ4v) is 16.1. The van der Waals surface area contributed by atoms with E-state index >= 15 is 13.2 Å². The van der Waals surface area contributed by atoms with Crippen molar-refractivity contribution in [3.8, 4) is 0 Å². The molecule has 220 valence electrons. The molecule has 0 radical (unpaired) electrons. The van der Waals surface area contributed by atoms with Gasteiger partial charge in [-0.25, -0.2) is 0 Å². The van der Waals surface area contributed by atoms with E-state index in [1.807, 2.05) is 0 Å². The fourth-order valence-electron chi connectivity index (χ4n) is 6.14. The molecule has 42 heavy (non-hydrogen) atoms. The van der Waals surface area contributed by atoms with Crippen LogP contribution < -0.4 is 8.38 Å². The molecule has 2 aliphatic rings. The van der Waals surface area contributed by atoms with Gasteiger partial charge in [0.05, 0.1) is 0 Å². The van der Waals surface area contributed by atoms with Crippen molar-refractivity contribution >= 4 is 23.5 Å². The molecule has 4 aromatic rings. The van der Waals surface area contributed by atoms with Crippen molar-refractivity contribution < 1.29 is 43.3 Å². The Labute approximate surface area is 237 Å². The number of halogens is 9. The van der Waals surface area contributed by atoms with Gasteiger partial charge in [0.1, 0.15) is 0 Å². The van der Waals surface area contributed by atoms with Crippen molar-refractivity contribution in [1.29, 1.82) is 0 Å². The van der Waals surface area contributed by atoms with Gasteiger partial charge in [-0.2, -0.15) is 0 Å². The standard InChI is InChI=1S/C30H20F9NOSe/c31-28(32,33)26(21-14-6-2-7-15-21)25(20-12-4-1-5-13-20)42(40(26)22-16-8-3-9-17-22)24-19-11-10-18-23(24)27(41-42,29(34,35)36)30(37,38)39/h1-19,25H/t25-,26+/m0/s1. The van der Waals surface area contributed by atoms with E-state index in [4.69, 9.17) is 3.82 Å². The van der Waals surface area contributed by atoms with E-state index in [0.29, 0.717) is 9.98 Å². The van der Waals surface area contributed by atoms with Gasteiger partial charge in [-0.1, -0.05) is 0 Å². The third kappa shape index (κ3) is 3.52. The van der Waals surface area contributed by atoms with E-state index in [2.05, 4.69) is 0 Å². The number of hydrogen-bond acceptors (Lipinski definition) is 2. The number of hydrogen-bond donors (Lipinski definition) is 0. The first-order valence-corrected chi connectivity index (χ1v) is 15.8. The first-order valence-electron chi connectivity index (χ1n) is 12.5. The van der Waals surface area contributed by atoms with E-state index < -0.39 is 57.9 Å². The van der Waals surface area contributed by atoms with Gasteiger partial charge >= 0.3 is 237 Å². The van der Waals surface area contributed by atoms with Gasteiger partial charge in [0.2, 0.25) is 0 Å². The summed E-state index contributed by atoms with van der Waals surface area (Å²) in [6, 6.07) is 24.1. The van der Waals surface area contributed by atoms with Crippen molar-refractivity contribution in [2.45, 2.75) is 34.5 Å². The molecule has 2 nitrogen and oxygen atoms in total. The molecule has 0 amide bonds. The van der Waals surface area contributed by atoms with Crippen LogP contribution in [0.15, 0.2) is 115 Å². The number of anilines is 1. The molecule has 1 fully saturated rings. The van der Waals surface area contributed by atoms with Crippen molar-refractivity contribution in [3.63, 3.8) is 0 Å². The second-order valence-electron chi connectivity index (χ2n) is 9.88. The van der Waals surface area contributed by atoms with Crippen molar-refractivity contribution in [2.75, 3.05) is 3.92 Å². The molecular weight excluding hydrogens is 640 g/mol. The number of fused-ring (bicyclic) bond motifs is 2. The molecule has 6 rings (SSSR count). The SMILES string of the molecule is FC(F)(F)C1(C(F)(F)F)O[Se]2(c3ccccc31)[C@@H](c1ccccc1)[C@](c1ccccc1)(C(F)(F)F)N2c1ccccc1. The van der Waals surface area contributed by atoms with Gasteiger partial charge in [0, 0.05) is 0 Å². The summed E-state index contributed by atoms with van der Waals surface area (Å²) >= 11 is -5.43. The number of benzene rings is 4. The Kier molecular flexibility index (Phi) is 6.32. The maximum atomic E-state index is 15.9. The summed E-state index contributed by atoms with van der Waals surface area (Å²) in [4.78, 5) is -1.95. The molecule has 1 unspecified atom stereocenters. The molecule has 0 saturated carbocycles. The molecule has 4 aromatic carbocycles. The second-order valence-corrected chi connectivity index (χ2v) is 15.3. The summed E-state index contributed by atoms with van der Waals surface area (Å²) in [5, 5.41) is 0. The van der Waals surface area contributed by atoms with Gasteiger partial charge in [0.25, 0.3) is 0 Å². The molecule has 3 atom stereocenters. The summed E-state index contributed by atoms with van der Waals surface area (Å²) in [7, 11) is 0. The minimum absolute atomic E-state index is 0.0826. The molecule has 0 aromatic heterocycles. The van der Waals surface area contributed by atoms with Crippen molar-refractivity contribution in [3.05, 3.63) is 132 Å². The van der Waals surface area contributed by atoms with Crippen LogP contribution in [-0.2, 0) is 15.0 Å². The zero-order valence-corrected chi connectivity index (χ0v) is 22.9. The van der Waals surface area contributed by atoms with E-state index in [-0.39, 0.29) is 16.8 Å². The van der Waals surface area contributed by atoms with Crippen LogP contribution in [-0.4, -0.2) is 31.9 Å². The van der Waals surface area contributed by atoms with Crippen LogP contribution in [0.5, 0.6) is 0 Å². The second kappa shape index (κ2) is 9.26. The summed E-state index contributed by atoms with van der Waals surface area (Å²) in [6.45, 7) is 0. The fraction of sp³-hybridized carbons (Fsp3) is 0.200. The van der Waals surface area contributed by atoms with Crippen LogP contribution in [0.1, 0.15) is 21.5 Å². The molecule has 0 bridgehead atoms. The van der Waals surface area contributed by atoms with Crippen LogP contribution in [0.25, 0.3) is 0 Å². The summed E-state index contributed by atoms with van der Waals surface area (Å²) in [6.07, 6.45) is -17.3. The Balaban J connectivity index is 1.81. The molecule has 1 spiro atoms. The van der Waals surface area contributed by atoms with Crippen molar-refractivity contribution in [1.82, 2.24) is 0 Å². The normalized spacial score (nSPS) is 26.8. The zero-order valence-electron chi connectivity index (χ0n) is 21.2. The van der Waals surface area contributed by atoms with Crippen LogP contribution in [0.3, 0.4) is 0 Å². The molecule has 1 saturated heterocycles. The van der Waals surface area contributed by atoms with E-state index in [0.717, 1.165) is 12.1 Å². The van der Waals surface area contributed by atoms with Gasteiger partial charge in [-0.3, -0.25) is 0 Å². The first-order chi connectivity index (χ1) is 19.7. The minimum atomic E-state index is -6.05. The van der Waals surface area contributed by atoms with E-state index in [1.165, 1.54) is 97.1 Å². The van der Waals surface area contributed by atoms with Crippen LogP contribution in [0, 0.1) is 0 Å². The predicted molar refractivity (Wildman–Crippen MR) is 139 cm³/mol. The number of para-hydroxylation sites is 1. The maximum absolute atomic E-state index is 15.9. The van der Waals surface area contributed by atoms with Crippen LogP contribution >= 0.6 is 0 Å². The predicted octanol–water partition coefficient (Wildman–Crippen LogP) is 7.99. The molecule has 12 heteroatoms. The number of alkyl halides is 9. The molecule has 2 aliphatic heterocycles. The van der Waals surface area contributed by atoms with E-state index in [1.54, 1.807) is 0 Å². The van der Waals surface area contributed by atoms with Crippen molar-refractivity contribution in [2.24, 2.45) is 0 Å². The topological polar surface area (TPSA) is 12.5 Å². The Hall–Kier alpha value is -3.47. The quantitative estimate of drug-likeness (QED) is 0.163. The summed E-state index contributed by atoms with van der Waals surface area (Å²) in [5.74, 6) is 0. The van der Waals surface area contributed by atoms with E-state index in [9.17, 15) is 26.3 Å². The van der Waals surface area contributed by atoms with Crippen LogP contribution in [0.2, 0.25) is 0 Å². The number of nitrogens with zero attached hydrogens (tertiary/aromatic N) is 1. The third-order valence-electron chi connectivity index (χ3n) is 7.66. The molecule has 2 heterocycles. The molecular formula is C30H20F9NOSe. The summed E-state index contributed by atoms with van der Waals surface area (Å²) in [5.41, 5.74) is -9.78. The van der Waals surface area contributed by atoms with Crippen LogP contribution in [0.4, 0.5) is 45.2 Å². The Morgan fingerprint density at radius 1 is 0.571 bits per heavy atom. The Bertz CT molecular complexity index is 1530. The molecule has 0 N–H and O–H groups in total. The van der Waals surface area contributed by atoms with Gasteiger partial charge in [0.15, 0.2) is 0 Å². The Morgan fingerprint density at radius 3 is 1.57 bits per heavy atom. The summed E-state index contributed by atoms with van der Waals surface area (Å²) < 4.78 is 142.